The van der Waals surface area contributed by atoms with Gasteiger partial charge in [0.05, 0.1) is 0 Å². The Morgan fingerprint density at radius 1 is 0.897 bits per heavy atom. The zero-order valence-corrected chi connectivity index (χ0v) is 17.4. The van der Waals surface area contributed by atoms with Crippen LogP contribution in [-0.2, 0) is 13.0 Å². The Balaban J connectivity index is 1.26. The van der Waals surface area contributed by atoms with Gasteiger partial charge in [-0.05, 0) is 75.0 Å². The minimum Gasteiger partial charge on any atom is -0.334 e. The minimum atomic E-state index is 0.209. The highest BCUT2D eigenvalue weighted by molar-refractivity contribution is 5.94. The molecule has 2 saturated heterocycles. The van der Waals surface area contributed by atoms with Gasteiger partial charge in [-0.1, -0.05) is 42.5 Å². The Morgan fingerprint density at radius 2 is 1.66 bits per heavy atom. The van der Waals surface area contributed by atoms with Gasteiger partial charge >= 0.3 is 0 Å². The lowest BCUT2D eigenvalue weighted by Crippen LogP contribution is -2.42. The van der Waals surface area contributed by atoms with Crippen LogP contribution >= 0.6 is 0 Å². The van der Waals surface area contributed by atoms with Crippen molar-refractivity contribution >= 4 is 5.91 Å². The summed E-state index contributed by atoms with van der Waals surface area (Å²) < 4.78 is 0. The summed E-state index contributed by atoms with van der Waals surface area (Å²) in [4.78, 5) is 17.7. The molecule has 1 unspecified atom stereocenters. The van der Waals surface area contributed by atoms with Gasteiger partial charge in [-0.15, -0.1) is 0 Å². The number of rotatable bonds is 8. The maximum absolute atomic E-state index is 13.1. The van der Waals surface area contributed by atoms with Gasteiger partial charge in [0.15, 0.2) is 0 Å². The lowest BCUT2D eigenvalue weighted by atomic mass is 10.1. The van der Waals surface area contributed by atoms with Gasteiger partial charge in [-0.2, -0.15) is 0 Å². The predicted octanol–water partition coefficient (Wildman–Crippen LogP) is 3.72. The van der Waals surface area contributed by atoms with Crippen LogP contribution in [0.3, 0.4) is 0 Å². The maximum Gasteiger partial charge on any atom is 0.254 e. The largest absolute Gasteiger partial charge is 0.334 e. The molecule has 4 rings (SSSR count). The topological polar surface area (TPSA) is 35.6 Å². The molecule has 0 aliphatic carbocycles. The molecule has 0 saturated carbocycles. The van der Waals surface area contributed by atoms with E-state index in [1.807, 2.05) is 18.2 Å². The van der Waals surface area contributed by atoms with Gasteiger partial charge in [-0.25, -0.2) is 0 Å². The second-order valence-electron chi connectivity index (χ2n) is 8.41. The molecule has 0 bridgehead atoms. The van der Waals surface area contributed by atoms with Crippen molar-refractivity contribution < 1.29 is 4.79 Å². The number of carbonyl (C=O) groups excluding carboxylic acids is 1. The van der Waals surface area contributed by atoms with Crippen molar-refractivity contribution in [3.05, 3.63) is 71.3 Å². The van der Waals surface area contributed by atoms with E-state index in [2.05, 4.69) is 51.5 Å². The fraction of sp³-hybridized carbons (Fsp3) is 0.480. The molecule has 0 aromatic heterocycles. The first-order valence-electron chi connectivity index (χ1n) is 11.2. The van der Waals surface area contributed by atoms with Crippen LogP contribution in [0.2, 0.25) is 0 Å². The number of carbonyl (C=O) groups is 1. The lowest BCUT2D eigenvalue weighted by molar-refractivity contribution is 0.0709. The van der Waals surface area contributed by atoms with Crippen LogP contribution in [0.15, 0.2) is 54.6 Å². The monoisotopic (exact) mass is 391 g/mol. The number of hydrogen-bond donors (Lipinski definition) is 1. The van der Waals surface area contributed by atoms with E-state index in [0.29, 0.717) is 6.04 Å². The Morgan fingerprint density at radius 3 is 2.41 bits per heavy atom. The fourth-order valence-corrected chi connectivity index (χ4v) is 4.60. The number of benzene rings is 2. The molecule has 2 heterocycles. The van der Waals surface area contributed by atoms with Gasteiger partial charge in [0, 0.05) is 31.2 Å². The average Bonchev–Trinajstić information content (AvgIpc) is 3.44. The quantitative estimate of drug-likeness (QED) is 0.697. The highest BCUT2D eigenvalue weighted by atomic mass is 16.2. The van der Waals surface area contributed by atoms with Gasteiger partial charge in [0.2, 0.25) is 0 Å². The minimum absolute atomic E-state index is 0.209. The molecule has 2 aliphatic rings. The smallest absolute Gasteiger partial charge is 0.254 e. The third kappa shape index (κ3) is 5.46. The Bertz CT molecular complexity index is 768. The second-order valence-corrected chi connectivity index (χ2v) is 8.41. The summed E-state index contributed by atoms with van der Waals surface area (Å²) in [5.41, 5.74) is 3.42. The number of amides is 1. The summed E-state index contributed by atoms with van der Waals surface area (Å²) in [5.74, 6) is 0.209. The predicted molar refractivity (Wildman–Crippen MR) is 118 cm³/mol. The van der Waals surface area contributed by atoms with E-state index in [1.54, 1.807) is 0 Å². The van der Waals surface area contributed by atoms with E-state index in [4.69, 9.17) is 0 Å². The van der Waals surface area contributed by atoms with Crippen LogP contribution < -0.4 is 5.32 Å². The van der Waals surface area contributed by atoms with Crippen molar-refractivity contribution in [2.45, 2.75) is 44.7 Å². The molecule has 29 heavy (non-hydrogen) atoms. The van der Waals surface area contributed by atoms with E-state index < -0.39 is 0 Å². The normalized spacial score (nSPS) is 19.7. The molecule has 2 fully saturated rings. The third-order valence-corrected chi connectivity index (χ3v) is 6.27. The van der Waals surface area contributed by atoms with Gasteiger partial charge in [0.25, 0.3) is 5.91 Å². The molecule has 2 aromatic rings. The first kappa shape index (κ1) is 20.1. The van der Waals surface area contributed by atoms with Gasteiger partial charge in [-0.3, -0.25) is 4.79 Å². The Kier molecular flexibility index (Phi) is 6.96. The molecule has 4 heteroatoms. The number of hydrogen-bond acceptors (Lipinski definition) is 3. The van der Waals surface area contributed by atoms with Crippen LogP contribution in [0.1, 0.15) is 47.2 Å². The molecule has 1 atom stereocenters. The van der Waals surface area contributed by atoms with Crippen molar-refractivity contribution in [3.63, 3.8) is 0 Å². The molecule has 0 spiro atoms. The molecule has 1 amide bonds. The summed E-state index contributed by atoms with van der Waals surface area (Å²) in [6.07, 6.45) is 5.87. The first-order valence-corrected chi connectivity index (χ1v) is 11.2. The highest BCUT2D eigenvalue weighted by Crippen LogP contribution is 2.22. The van der Waals surface area contributed by atoms with Gasteiger partial charge in [0.1, 0.15) is 0 Å². The van der Waals surface area contributed by atoms with Crippen LogP contribution in [-0.4, -0.2) is 54.5 Å². The second kappa shape index (κ2) is 10.0. The lowest BCUT2D eigenvalue weighted by Gasteiger charge is -2.28. The van der Waals surface area contributed by atoms with Crippen molar-refractivity contribution in [1.29, 1.82) is 0 Å². The average molecular weight is 392 g/mol. The van der Waals surface area contributed by atoms with Crippen molar-refractivity contribution in [3.8, 4) is 0 Å². The Labute approximate surface area is 174 Å². The van der Waals surface area contributed by atoms with E-state index in [9.17, 15) is 4.79 Å². The van der Waals surface area contributed by atoms with Gasteiger partial charge < -0.3 is 15.1 Å². The number of likely N-dealkylation sites (tertiary alicyclic amines) is 2. The maximum atomic E-state index is 13.1. The zero-order chi connectivity index (χ0) is 19.9. The fourth-order valence-electron chi connectivity index (χ4n) is 4.60. The molecule has 2 aromatic carbocycles. The number of nitrogens with zero attached hydrogens (tertiary/aromatic N) is 2. The summed E-state index contributed by atoms with van der Waals surface area (Å²) in [6, 6.07) is 19.1. The zero-order valence-electron chi connectivity index (χ0n) is 17.4. The van der Waals surface area contributed by atoms with Crippen molar-refractivity contribution in [1.82, 2.24) is 15.1 Å². The molecule has 0 radical (unpaired) electrons. The summed E-state index contributed by atoms with van der Waals surface area (Å²) >= 11 is 0. The van der Waals surface area contributed by atoms with Crippen molar-refractivity contribution in [2.75, 3.05) is 32.7 Å². The molecule has 1 N–H and O–H groups in total. The molecule has 4 nitrogen and oxygen atoms in total. The van der Waals surface area contributed by atoms with E-state index in [0.717, 1.165) is 51.0 Å². The van der Waals surface area contributed by atoms with Crippen LogP contribution in [0.5, 0.6) is 0 Å². The highest BCUT2D eigenvalue weighted by Gasteiger charge is 2.31. The summed E-state index contributed by atoms with van der Waals surface area (Å²) in [7, 11) is 0. The van der Waals surface area contributed by atoms with E-state index in [1.165, 1.54) is 37.1 Å². The summed E-state index contributed by atoms with van der Waals surface area (Å²) in [6.45, 7) is 6.19. The van der Waals surface area contributed by atoms with Crippen LogP contribution in [0, 0.1) is 0 Å². The summed E-state index contributed by atoms with van der Waals surface area (Å²) in [5, 5.41) is 3.49. The third-order valence-electron chi connectivity index (χ3n) is 6.27. The standard InChI is InChI=1S/C25H33N3O/c29-25(28-18-6-9-24(28)20-27-16-4-5-17-27)23-12-10-21(11-13-23)14-15-26-19-22-7-2-1-3-8-22/h1-3,7-8,10-13,24,26H,4-6,9,14-20H2. The molecular formula is C25H33N3O. The van der Waals surface area contributed by atoms with E-state index >= 15 is 0 Å². The van der Waals surface area contributed by atoms with E-state index in [-0.39, 0.29) is 5.91 Å². The SMILES string of the molecule is O=C(c1ccc(CCNCc2ccccc2)cc1)N1CCCC1CN1CCCC1. The number of nitrogens with one attached hydrogen (secondary N) is 1. The molecule has 154 valence electrons. The first-order chi connectivity index (χ1) is 14.3. The molecular weight excluding hydrogens is 358 g/mol. The van der Waals surface area contributed by atoms with Crippen molar-refractivity contribution in [2.24, 2.45) is 0 Å². The van der Waals surface area contributed by atoms with Crippen LogP contribution in [0.25, 0.3) is 0 Å². The van der Waals surface area contributed by atoms with Crippen LogP contribution in [0.4, 0.5) is 0 Å². The molecule has 2 aliphatic heterocycles. The Hall–Kier alpha value is -2.17.